The van der Waals surface area contributed by atoms with Gasteiger partial charge in [0.2, 0.25) is 5.88 Å². The highest BCUT2D eigenvalue weighted by Crippen LogP contribution is 2.31. The second-order valence-corrected chi connectivity index (χ2v) is 4.59. The first-order chi connectivity index (χ1) is 8.31. The molecule has 0 unspecified atom stereocenters. The maximum Gasteiger partial charge on any atom is 0.228 e. The number of thioether (sulfide) groups is 1. The zero-order valence-corrected chi connectivity index (χ0v) is 10.4. The summed E-state index contributed by atoms with van der Waals surface area (Å²) in [6.07, 6.45) is 2.20. The highest BCUT2D eigenvalue weighted by molar-refractivity contribution is 7.98. The predicted octanol–water partition coefficient (Wildman–Crippen LogP) is 3.04. The van der Waals surface area contributed by atoms with Crippen molar-refractivity contribution in [3.05, 3.63) is 47.9 Å². The minimum Gasteiger partial charge on any atom is -0.492 e. The number of benzene rings is 1. The maximum absolute atomic E-state index is 9.73. The first-order valence-electron chi connectivity index (χ1n) is 5.50. The topological polar surface area (TPSA) is 46.0 Å². The third-order valence-electron chi connectivity index (χ3n) is 2.42. The van der Waals surface area contributed by atoms with E-state index in [0.29, 0.717) is 0 Å². The molecule has 0 amide bonds. The average molecular weight is 246 g/mol. The Hall–Kier alpha value is -1.55. The summed E-state index contributed by atoms with van der Waals surface area (Å²) in [5.74, 6) is 0.896. The number of aromatic nitrogens is 2. The summed E-state index contributed by atoms with van der Waals surface area (Å²) in [6, 6.07) is 10.2. The predicted molar refractivity (Wildman–Crippen MR) is 69.1 cm³/mol. The summed E-state index contributed by atoms with van der Waals surface area (Å²) in [6.45, 7) is 2.02. The molecule has 3 nitrogen and oxygen atoms in total. The smallest absolute Gasteiger partial charge is 0.228 e. The zero-order valence-electron chi connectivity index (χ0n) is 9.63. The van der Waals surface area contributed by atoms with Gasteiger partial charge in [-0.2, -0.15) is 0 Å². The molecule has 0 radical (unpaired) electrons. The molecule has 0 spiro atoms. The molecule has 0 bridgehead atoms. The molecule has 0 saturated heterocycles. The average Bonchev–Trinajstić information content (AvgIpc) is 2.38. The van der Waals surface area contributed by atoms with Crippen LogP contribution in [0.5, 0.6) is 5.88 Å². The van der Waals surface area contributed by atoms with Crippen LogP contribution in [0.25, 0.3) is 0 Å². The van der Waals surface area contributed by atoms with Crippen LogP contribution in [0.1, 0.15) is 18.2 Å². The lowest BCUT2D eigenvalue weighted by Gasteiger charge is -2.07. The van der Waals surface area contributed by atoms with Crippen LogP contribution in [-0.4, -0.2) is 15.1 Å². The summed E-state index contributed by atoms with van der Waals surface area (Å²) in [5, 5.41) is 9.73. The van der Waals surface area contributed by atoms with Gasteiger partial charge in [-0.1, -0.05) is 37.3 Å². The number of nitrogens with zero attached hydrogens (tertiary/aromatic N) is 2. The minimum atomic E-state index is 0.0813. The Balaban J connectivity index is 2.14. The zero-order chi connectivity index (χ0) is 12.1. The third kappa shape index (κ3) is 2.97. The van der Waals surface area contributed by atoms with Crippen molar-refractivity contribution in [3.8, 4) is 5.88 Å². The van der Waals surface area contributed by atoms with Crippen molar-refractivity contribution in [2.45, 2.75) is 24.0 Å². The van der Waals surface area contributed by atoms with E-state index in [0.717, 1.165) is 22.8 Å². The van der Waals surface area contributed by atoms with E-state index in [2.05, 4.69) is 22.1 Å². The van der Waals surface area contributed by atoms with Crippen molar-refractivity contribution < 1.29 is 5.11 Å². The van der Waals surface area contributed by atoms with Crippen LogP contribution in [0.2, 0.25) is 0 Å². The van der Waals surface area contributed by atoms with Gasteiger partial charge in [-0.15, -0.1) is 11.8 Å². The van der Waals surface area contributed by atoms with Gasteiger partial charge in [-0.05, 0) is 12.0 Å². The van der Waals surface area contributed by atoms with Crippen LogP contribution in [0.15, 0.2) is 41.6 Å². The largest absolute Gasteiger partial charge is 0.492 e. The van der Waals surface area contributed by atoms with E-state index >= 15 is 0 Å². The molecule has 0 atom stereocenters. The van der Waals surface area contributed by atoms with Gasteiger partial charge in [-0.3, -0.25) is 0 Å². The van der Waals surface area contributed by atoms with Gasteiger partial charge in [0, 0.05) is 5.75 Å². The molecule has 88 valence electrons. The molecule has 17 heavy (non-hydrogen) atoms. The maximum atomic E-state index is 9.73. The summed E-state index contributed by atoms with van der Waals surface area (Å²) in [5.41, 5.74) is 2.13. The quantitative estimate of drug-likeness (QED) is 0.842. The minimum absolute atomic E-state index is 0.0813. The molecule has 1 aromatic heterocycles. The van der Waals surface area contributed by atoms with E-state index in [1.807, 2.05) is 25.1 Å². The summed E-state index contributed by atoms with van der Waals surface area (Å²) in [4.78, 5) is 8.79. The third-order valence-corrected chi connectivity index (χ3v) is 3.60. The molecular weight excluding hydrogens is 232 g/mol. The lowest BCUT2D eigenvalue weighted by Crippen LogP contribution is -1.93. The van der Waals surface area contributed by atoms with Crippen LogP contribution in [-0.2, 0) is 12.2 Å². The molecule has 1 aromatic carbocycles. The van der Waals surface area contributed by atoms with Crippen molar-refractivity contribution in [2.24, 2.45) is 0 Å². The lowest BCUT2D eigenvalue weighted by molar-refractivity contribution is 0.435. The normalized spacial score (nSPS) is 10.4. The monoisotopic (exact) mass is 246 g/mol. The van der Waals surface area contributed by atoms with Gasteiger partial charge in [-0.25, -0.2) is 9.97 Å². The first kappa shape index (κ1) is 11.9. The van der Waals surface area contributed by atoms with Gasteiger partial charge in [0.1, 0.15) is 6.33 Å². The molecular formula is C13H14N2OS. The van der Waals surface area contributed by atoms with Gasteiger partial charge >= 0.3 is 0 Å². The Bertz CT molecular complexity index is 488. The van der Waals surface area contributed by atoms with E-state index in [4.69, 9.17) is 0 Å². The Morgan fingerprint density at radius 1 is 1.18 bits per heavy atom. The molecule has 0 aliphatic heterocycles. The first-order valence-corrected chi connectivity index (χ1v) is 6.49. The fraction of sp³-hybridized carbons (Fsp3) is 0.231. The Labute approximate surface area is 105 Å². The number of aromatic hydroxyl groups is 1. The van der Waals surface area contributed by atoms with Crippen molar-refractivity contribution in [1.29, 1.82) is 0 Å². The standard InChI is InChI=1S/C13H14N2OS/c1-2-11-12(13(16)15-9-14-11)17-8-10-6-4-3-5-7-10/h3-7,9H,2,8H2,1H3,(H,14,15,16). The Morgan fingerprint density at radius 2 is 1.94 bits per heavy atom. The van der Waals surface area contributed by atoms with E-state index in [1.54, 1.807) is 11.8 Å². The molecule has 1 N–H and O–H groups in total. The van der Waals surface area contributed by atoms with E-state index in [1.165, 1.54) is 11.9 Å². The highest BCUT2D eigenvalue weighted by atomic mass is 32.2. The van der Waals surface area contributed by atoms with E-state index in [9.17, 15) is 5.11 Å². The van der Waals surface area contributed by atoms with Crippen LogP contribution >= 0.6 is 11.8 Å². The van der Waals surface area contributed by atoms with Gasteiger partial charge < -0.3 is 5.11 Å². The van der Waals surface area contributed by atoms with Crippen molar-refractivity contribution in [3.63, 3.8) is 0 Å². The Morgan fingerprint density at radius 3 is 2.65 bits per heavy atom. The summed E-state index contributed by atoms with van der Waals surface area (Å²) >= 11 is 1.58. The molecule has 0 aliphatic carbocycles. The number of rotatable bonds is 4. The number of hydrogen-bond acceptors (Lipinski definition) is 4. The summed E-state index contributed by atoms with van der Waals surface area (Å²) < 4.78 is 0. The van der Waals surface area contributed by atoms with Gasteiger partial charge in [0.05, 0.1) is 10.6 Å². The molecule has 2 aromatic rings. The molecule has 0 saturated carbocycles. The second kappa shape index (κ2) is 5.68. The van der Waals surface area contributed by atoms with Gasteiger partial charge in [0.25, 0.3) is 0 Å². The molecule has 0 fully saturated rings. The fourth-order valence-corrected chi connectivity index (χ4v) is 2.58. The van der Waals surface area contributed by atoms with Crippen molar-refractivity contribution in [1.82, 2.24) is 9.97 Å². The second-order valence-electron chi connectivity index (χ2n) is 3.60. The van der Waals surface area contributed by atoms with Crippen molar-refractivity contribution in [2.75, 3.05) is 0 Å². The van der Waals surface area contributed by atoms with E-state index in [-0.39, 0.29) is 5.88 Å². The van der Waals surface area contributed by atoms with Crippen molar-refractivity contribution >= 4 is 11.8 Å². The summed E-state index contributed by atoms with van der Waals surface area (Å²) in [7, 11) is 0. The molecule has 2 rings (SSSR count). The molecule has 1 heterocycles. The fourth-order valence-electron chi connectivity index (χ4n) is 1.53. The van der Waals surface area contributed by atoms with Crippen LogP contribution in [0.3, 0.4) is 0 Å². The van der Waals surface area contributed by atoms with E-state index < -0.39 is 0 Å². The lowest BCUT2D eigenvalue weighted by atomic mass is 10.2. The highest BCUT2D eigenvalue weighted by Gasteiger charge is 2.09. The SMILES string of the molecule is CCc1ncnc(O)c1SCc1ccccc1. The molecule has 4 heteroatoms. The molecule has 0 aliphatic rings. The van der Waals surface area contributed by atoms with Crippen LogP contribution < -0.4 is 0 Å². The van der Waals surface area contributed by atoms with Crippen LogP contribution in [0, 0.1) is 0 Å². The number of aryl methyl sites for hydroxylation is 1. The van der Waals surface area contributed by atoms with Gasteiger partial charge in [0.15, 0.2) is 0 Å². The Kier molecular flexibility index (Phi) is 3.98. The van der Waals surface area contributed by atoms with Crippen LogP contribution in [0.4, 0.5) is 0 Å². The number of hydrogen-bond donors (Lipinski definition) is 1.